The molecular weight excluding hydrogens is 334 g/mol. The summed E-state index contributed by atoms with van der Waals surface area (Å²) >= 11 is 0. The summed E-state index contributed by atoms with van der Waals surface area (Å²) in [6, 6.07) is 17.2. The number of amides is 1. The lowest BCUT2D eigenvalue weighted by molar-refractivity contribution is -0.129. The van der Waals surface area contributed by atoms with Crippen LogP contribution in [0.1, 0.15) is 35.0 Å². The summed E-state index contributed by atoms with van der Waals surface area (Å²) in [5.41, 5.74) is 8.61. The highest BCUT2D eigenvalue weighted by Crippen LogP contribution is 2.26. The summed E-state index contributed by atoms with van der Waals surface area (Å²) in [6.45, 7) is 5.25. The van der Waals surface area contributed by atoms with Crippen LogP contribution in [0.3, 0.4) is 0 Å². The lowest BCUT2D eigenvalue weighted by Crippen LogP contribution is -2.34. The van der Waals surface area contributed by atoms with Gasteiger partial charge in [-0.2, -0.15) is 5.10 Å². The molecule has 4 heteroatoms. The largest absolute Gasteiger partial charge is 0.338 e. The maximum absolute atomic E-state index is 11.8. The number of benzene rings is 2. The molecule has 0 unspecified atom stereocenters. The van der Waals surface area contributed by atoms with Gasteiger partial charge in [0.1, 0.15) is 0 Å². The number of carbonyl (C=O) groups excluding carboxylic acids is 1. The first kappa shape index (κ1) is 17.5. The Labute approximate surface area is 160 Å². The number of fused-ring (bicyclic) bond motifs is 1. The Balaban J connectivity index is 1.59. The van der Waals surface area contributed by atoms with Gasteiger partial charge in [-0.15, -0.1) is 0 Å². The van der Waals surface area contributed by atoms with Crippen LogP contribution < -0.4 is 0 Å². The van der Waals surface area contributed by atoms with E-state index in [1.165, 1.54) is 33.5 Å². The van der Waals surface area contributed by atoms with Gasteiger partial charge in [0.2, 0.25) is 5.91 Å². The molecule has 0 N–H and O–H groups in total. The van der Waals surface area contributed by atoms with Crippen molar-refractivity contribution >= 4 is 5.91 Å². The molecule has 4 rings (SSSR count). The molecule has 1 aliphatic rings. The van der Waals surface area contributed by atoms with Gasteiger partial charge in [0.25, 0.3) is 0 Å². The molecule has 138 valence electrons. The molecule has 1 amide bonds. The smallest absolute Gasteiger partial charge is 0.219 e. The van der Waals surface area contributed by atoms with Gasteiger partial charge < -0.3 is 4.90 Å². The molecule has 1 aromatic heterocycles. The van der Waals surface area contributed by atoms with Crippen molar-refractivity contribution in [3.8, 4) is 11.1 Å². The Morgan fingerprint density at radius 2 is 1.85 bits per heavy atom. The maximum Gasteiger partial charge on any atom is 0.219 e. The molecule has 2 aromatic carbocycles. The summed E-state index contributed by atoms with van der Waals surface area (Å²) < 4.78 is 1.99. The molecule has 0 bridgehead atoms. The van der Waals surface area contributed by atoms with Crippen LogP contribution in [-0.4, -0.2) is 27.1 Å². The van der Waals surface area contributed by atoms with Gasteiger partial charge in [-0.3, -0.25) is 9.48 Å². The number of rotatable bonds is 3. The third-order valence-electron chi connectivity index (χ3n) is 5.55. The molecule has 0 saturated carbocycles. The Bertz CT molecular complexity index is 985. The van der Waals surface area contributed by atoms with Gasteiger partial charge >= 0.3 is 0 Å². The third kappa shape index (κ3) is 3.39. The zero-order valence-corrected chi connectivity index (χ0v) is 16.2. The van der Waals surface area contributed by atoms with Gasteiger partial charge in [0.15, 0.2) is 0 Å². The van der Waals surface area contributed by atoms with Crippen LogP contribution in [0.2, 0.25) is 0 Å². The number of carbonyl (C=O) groups is 1. The molecule has 3 aromatic rings. The van der Waals surface area contributed by atoms with Crippen LogP contribution in [0.25, 0.3) is 11.1 Å². The van der Waals surface area contributed by atoms with Crippen molar-refractivity contribution in [2.75, 3.05) is 6.54 Å². The first-order valence-electron chi connectivity index (χ1n) is 9.47. The van der Waals surface area contributed by atoms with Crippen molar-refractivity contribution in [3.63, 3.8) is 0 Å². The van der Waals surface area contributed by atoms with E-state index in [-0.39, 0.29) is 5.91 Å². The van der Waals surface area contributed by atoms with Gasteiger partial charge in [0, 0.05) is 51.2 Å². The van der Waals surface area contributed by atoms with Crippen LogP contribution >= 0.6 is 0 Å². The third-order valence-corrected chi connectivity index (χ3v) is 5.55. The summed E-state index contributed by atoms with van der Waals surface area (Å²) in [4.78, 5) is 13.7. The van der Waals surface area contributed by atoms with Crippen molar-refractivity contribution in [3.05, 3.63) is 76.6 Å². The van der Waals surface area contributed by atoms with Crippen LogP contribution in [0, 0.1) is 6.92 Å². The Hall–Kier alpha value is -2.88. The highest BCUT2D eigenvalue weighted by Gasteiger charge is 2.25. The molecule has 0 aliphatic carbocycles. The summed E-state index contributed by atoms with van der Waals surface area (Å²) in [5, 5.41) is 4.75. The SMILES string of the molecule is CC(=O)N1CCc2c(c(Cc3ccc(-c4ccccc4C)cc3)nn2C)C1. The first-order valence-corrected chi connectivity index (χ1v) is 9.47. The van der Waals surface area contributed by atoms with E-state index in [0.717, 1.165) is 25.1 Å². The Kier molecular flexibility index (Phi) is 4.56. The quantitative estimate of drug-likeness (QED) is 0.711. The van der Waals surface area contributed by atoms with Gasteiger partial charge in [0.05, 0.1) is 5.69 Å². The Morgan fingerprint density at radius 3 is 2.56 bits per heavy atom. The molecule has 0 spiro atoms. The van der Waals surface area contributed by atoms with E-state index in [4.69, 9.17) is 5.10 Å². The topological polar surface area (TPSA) is 38.1 Å². The fourth-order valence-corrected chi connectivity index (χ4v) is 3.97. The fraction of sp³-hybridized carbons (Fsp3) is 0.304. The molecule has 0 radical (unpaired) electrons. The van der Waals surface area contributed by atoms with Gasteiger partial charge in [-0.25, -0.2) is 0 Å². The van der Waals surface area contributed by atoms with Crippen LogP contribution in [0.15, 0.2) is 48.5 Å². The standard InChI is InChI=1S/C23H25N3O/c1-16-6-4-5-7-20(16)19-10-8-18(9-11-19)14-22-21-15-26(17(2)27)13-12-23(21)25(3)24-22/h4-11H,12-15H2,1-3H3. The van der Waals surface area contributed by atoms with Crippen molar-refractivity contribution < 1.29 is 4.79 Å². The molecule has 0 fully saturated rings. The molecule has 4 nitrogen and oxygen atoms in total. The van der Waals surface area contributed by atoms with Crippen molar-refractivity contribution in [1.82, 2.24) is 14.7 Å². The second-order valence-corrected chi connectivity index (χ2v) is 7.37. The highest BCUT2D eigenvalue weighted by atomic mass is 16.2. The summed E-state index contributed by atoms with van der Waals surface area (Å²) in [6.07, 6.45) is 1.67. The molecule has 0 saturated heterocycles. The predicted octanol–water partition coefficient (Wildman–Crippen LogP) is 3.89. The van der Waals surface area contributed by atoms with Crippen LogP contribution in [-0.2, 0) is 31.2 Å². The number of aryl methyl sites for hydroxylation is 2. The molecule has 1 aliphatic heterocycles. The fourth-order valence-electron chi connectivity index (χ4n) is 3.97. The van der Waals surface area contributed by atoms with E-state index in [9.17, 15) is 4.79 Å². The normalized spacial score (nSPS) is 13.5. The zero-order chi connectivity index (χ0) is 19.0. The van der Waals surface area contributed by atoms with E-state index in [1.807, 2.05) is 16.6 Å². The van der Waals surface area contributed by atoms with Crippen LogP contribution in [0.4, 0.5) is 0 Å². The van der Waals surface area contributed by atoms with E-state index in [1.54, 1.807) is 6.92 Å². The molecule has 0 atom stereocenters. The van der Waals surface area contributed by atoms with Crippen LogP contribution in [0.5, 0.6) is 0 Å². The zero-order valence-electron chi connectivity index (χ0n) is 16.2. The van der Waals surface area contributed by atoms with Crippen molar-refractivity contribution in [2.45, 2.75) is 33.2 Å². The minimum absolute atomic E-state index is 0.137. The van der Waals surface area contributed by atoms with E-state index in [2.05, 4.69) is 55.5 Å². The maximum atomic E-state index is 11.8. The summed E-state index contributed by atoms with van der Waals surface area (Å²) in [7, 11) is 2.01. The lowest BCUT2D eigenvalue weighted by Gasteiger charge is -2.26. The molecule has 27 heavy (non-hydrogen) atoms. The second kappa shape index (κ2) is 7.03. The predicted molar refractivity (Wildman–Crippen MR) is 107 cm³/mol. The average Bonchev–Trinajstić information content (AvgIpc) is 2.98. The number of aromatic nitrogens is 2. The van der Waals surface area contributed by atoms with E-state index >= 15 is 0 Å². The monoisotopic (exact) mass is 359 g/mol. The van der Waals surface area contributed by atoms with Crippen molar-refractivity contribution in [1.29, 1.82) is 0 Å². The number of hydrogen-bond donors (Lipinski definition) is 0. The minimum atomic E-state index is 0.137. The average molecular weight is 359 g/mol. The Morgan fingerprint density at radius 1 is 1.11 bits per heavy atom. The van der Waals surface area contributed by atoms with E-state index in [0.29, 0.717) is 6.54 Å². The first-order chi connectivity index (χ1) is 13.0. The molecular formula is C23H25N3O. The lowest BCUT2D eigenvalue weighted by atomic mass is 9.97. The van der Waals surface area contributed by atoms with Gasteiger partial charge in [-0.05, 0) is 29.2 Å². The number of nitrogens with zero attached hydrogens (tertiary/aromatic N) is 3. The van der Waals surface area contributed by atoms with Crippen molar-refractivity contribution in [2.24, 2.45) is 7.05 Å². The van der Waals surface area contributed by atoms with E-state index < -0.39 is 0 Å². The number of hydrogen-bond acceptors (Lipinski definition) is 2. The summed E-state index contributed by atoms with van der Waals surface area (Å²) in [5.74, 6) is 0.137. The minimum Gasteiger partial charge on any atom is -0.338 e. The molecule has 2 heterocycles. The van der Waals surface area contributed by atoms with Gasteiger partial charge in [-0.1, -0.05) is 48.5 Å². The second-order valence-electron chi connectivity index (χ2n) is 7.37. The highest BCUT2D eigenvalue weighted by molar-refractivity contribution is 5.73.